The molecule has 1 fully saturated rings. The standard InChI is InChI=1S/C9H11BrClN3O/c1-13-7(3-12-9(13)11)8(15)14-4-6(2-10)5-14/h3,6H,2,4-5H2,1H3. The fourth-order valence-corrected chi connectivity index (χ4v) is 2.13. The SMILES string of the molecule is Cn1c(C(=O)N2CC(CBr)C2)cnc1Cl. The number of hydrogen-bond donors (Lipinski definition) is 0. The average Bonchev–Trinajstić information content (AvgIpc) is 2.46. The normalized spacial score (nSPS) is 16.6. The van der Waals surface area contributed by atoms with Crippen molar-refractivity contribution in [3.8, 4) is 0 Å². The molecule has 0 unspecified atom stereocenters. The Hall–Kier alpha value is -0.550. The lowest BCUT2D eigenvalue weighted by Crippen LogP contribution is -2.51. The van der Waals surface area contributed by atoms with Crippen LogP contribution in [0.15, 0.2) is 6.20 Å². The summed E-state index contributed by atoms with van der Waals surface area (Å²) in [6, 6.07) is 0. The molecule has 1 saturated heterocycles. The quantitative estimate of drug-likeness (QED) is 0.776. The molecule has 0 aliphatic carbocycles. The molecule has 0 saturated carbocycles. The fourth-order valence-electron chi connectivity index (χ4n) is 1.58. The highest BCUT2D eigenvalue weighted by Gasteiger charge is 2.31. The summed E-state index contributed by atoms with van der Waals surface area (Å²) in [4.78, 5) is 17.6. The van der Waals surface area contributed by atoms with E-state index in [-0.39, 0.29) is 5.91 Å². The van der Waals surface area contributed by atoms with E-state index in [1.54, 1.807) is 16.5 Å². The summed E-state index contributed by atoms with van der Waals surface area (Å²) in [6.45, 7) is 1.62. The molecule has 0 N–H and O–H groups in total. The van der Waals surface area contributed by atoms with Crippen LogP contribution in [0.2, 0.25) is 5.28 Å². The van der Waals surface area contributed by atoms with Gasteiger partial charge in [0.2, 0.25) is 5.28 Å². The van der Waals surface area contributed by atoms with Crippen molar-refractivity contribution in [1.82, 2.24) is 14.5 Å². The van der Waals surface area contributed by atoms with Gasteiger partial charge in [-0.1, -0.05) is 15.9 Å². The predicted octanol–water partition coefficient (Wildman–Crippen LogP) is 1.54. The number of imidazole rings is 1. The van der Waals surface area contributed by atoms with Gasteiger partial charge < -0.3 is 9.47 Å². The highest BCUT2D eigenvalue weighted by Crippen LogP contribution is 2.21. The van der Waals surface area contributed by atoms with Gasteiger partial charge in [-0.3, -0.25) is 4.79 Å². The summed E-state index contributed by atoms with van der Waals surface area (Å²) in [5, 5.41) is 1.29. The first-order chi connectivity index (χ1) is 7.13. The Morgan fingerprint density at radius 2 is 2.40 bits per heavy atom. The maximum Gasteiger partial charge on any atom is 0.272 e. The molecule has 0 spiro atoms. The Morgan fingerprint density at radius 1 is 1.73 bits per heavy atom. The van der Waals surface area contributed by atoms with E-state index in [4.69, 9.17) is 11.6 Å². The number of hydrogen-bond acceptors (Lipinski definition) is 2. The van der Waals surface area contributed by atoms with Crippen LogP contribution in [0.1, 0.15) is 10.5 Å². The molecule has 1 amide bonds. The van der Waals surface area contributed by atoms with E-state index in [0.717, 1.165) is 18.4 Å². The third-order valence-corrected chi connectivity index (χ3v) is 3.88. The Labute approximate surface area is 101 Å². The lowest BCUT2D eigenvalue weighted by atomic mass is 10.0. The van der Waals surface area contributed by atoms with E-state index in [1.165, 1.54) is 6.20 Å². The van der Waals surface area contributed by atoms with E-state index in [1.807, 2.05) is 0 Å². The summed E-state index contributed by atoms with van der Waals surface area (Å²) in [5.41, 5.74) is 0.549. The number of rotatable bonds is 2. The minimum absolute atomic E-state index is 0.00843. The number of aromatic nitrogens is 2. The zero-order valence-corrected chi connectivity index (χ0v) is 10.6. The lowest BCUT2D eigenvalue weighted by Gasteiger charge is -2.38. The van der Waals surface area contributed by atoms with Crippen molar-refractivity contribution in [3.05, 3.63) is 17.2 Å². The van der Waals surface area contributed by atoms with Gasteiger partial charge in [0, 0.05) is 31.4 Å². The molecule has 2 heterocycles. The van der Waals surface area contributed by atoms with Crippen LogP contribution < -0.4 is 0 Å². The Morgan fingerprint density at radius 3 is 2.87 bits per heavy atom. The largest absolute Gasteiger partial charge is 0.337 e. The van der Waals surface area contributed by atoms with Crippen molar-refractivity contribution in [2.75, 3.05) is 18.4 Å². The molecule has 2 rings (SSSR count). The van der Waals surface area contributed by atoms with E-state index >= 15 is 0 Å². The molecule has 0 radical (unpaired) electrons. The van der Waals surface area contributed by atoms with Crippen LogP contribution in [0.25, 0.3) is 0 Å². The predicted molar refractivity (Wildman–Crippen MR) is 61.4 cm³/mol. The zero-order valence-electron chi connectivity index (χ0n) is 8.28. The van der Waals surface area contributed by atoms with Crippen LogP contribution in [0.3, 0.4) is 0 Å². The molecule has 4 nitrogen and oxygen atoms in total. The van der Waals surface area contributed by atoms with Crippen molar-refractivity contribution in [2.24, 2.45) is 13.0 Å². The van der Waals surface area contributed by atoms with Gasteiger partial charge >= 0.3 is 0 Å². The molecule has 0 atom stereocenters. The molecule has 1 aliphatic rings. The van der Waals surface area contributed by atoms with Gasteiger partial charge in [-0.25, -0.2) is 4.98 Å². The number of likely N-dealkylation sites (tertiary alicyclic amines) is 1. The first-order valence-corrected chi connectivity index (χ1v) is 6.16. The second-order valence-corrected chi connectivity index (χ2v) is 4.69. The monoisotopic (exact) mass is 291 g/mol. The molecule has 0 bridgehead atoms. The lowest BCUT2D eigenvalue weighted by molar-refractivity contribution is 0.0529. The minimum Gasteiger partial charge on any atom is -0.337 e. The summed E-state index contributed by atoms with van der Waals surface area (Å²) in [5.74, 6) is 0.590. The van der Waals surface area contributed by atoms with E-state index < -0.39 is 0 Å². The molecule has 15 heavy (non-hydrogen) atoms. The topological polar surface area (TPSA) is 38.1 Å². The maximum absolute atomic E-state index is 11.9. The Kier molecular flexibility index (Phi) is 3.02. The Balaban J connectivity index is 2.07. The van der Waals surface area contributed by atoms with Crippen LogP contribution in [-0.4, -0.2) is 38.8 Å². The highest BCUT2D eigenvalue weighted by atomic mass is 79.9. The van der Waals surface area contributed by atoms with Gasteiger partial charge in [0.1, 0.15) is 5.69 Å². The second-order valence-electron chi connectivity index (χ2n) is 3.70. The zero-order chi connectivity index (χ0) is 11.0. The number of carbonyl (C=O) groups is 1. The molecular formula is C9H11BrClN3O. The van der Waals surface area contributed by atoms with E-state index in [9.17, 15) is 4.79 Å². The molecule has 1 aliphatic heterocycles. The van der Waals surface area contributed by atoms with E-state index in [0.29, 0.717) is 16.9 Å². The van der Waals surface area contributed by atoms with Gasteiger partial charge in [-0.15, -0.1) is 0 Å². The maximum atomic E-state index is 11.9. The number of alkyl halides is 1. The van der Waals surface area contributed by atoms with Crippen LogP contribution in [0.5, 0.6) is 0 Å². The first-order valence-electron chi connectivity index (χ1n) is 4.66. The van der Waals surface area contributed by atoms with Gasteiger partial charge in [0.25, 0.3) is 5.91 Å². The summed E-state index contributed by atoms with van der Waals surface area (Å²) >= 11 is 9.17. The number of halogens is 2. The average molecular weight is 293 g/mol. The summed E-state index contributed by atoms with van der Waals surface area (Å²) < 4.78 is 1.60. The molecule has 1 aromatic heterocycles. The highest BCUT2D eigenvalue weighted by molar-refractivity contribution is 9.09. The van der Waals surface area contributed by atoms with Crippen molar-refractivity contribution in [2.45, 2.75) is 0 Å². The number of carbonyl (C=O) groups excluding carboxylic acids is 1. The van der Waals surface area contributed by atoms with Crippen molar-refractivity contribution in [3.63, 3.8) is 0 Å². The molecular weight excluding hydrogens is 281 g/mol. The summed E-state index contributed by atoms with van der Waals surface area (Å²) in [6.07, 6.45) is 1.52. The van der Waals surface area contributed by atoms with Gasteiger partial charge in [0.15, 0.2) is 0 Å². The number of nitrogens with zero attached hydrogens (tertiary/aromatic N) is 3. The van der Waals surface area contributed by atoms with Crippen molar-refractivity contribution >= 4 is 33.4 Å². The third-order valence-electron chi connectivity index (χ3n) is 2.61. The van der Waals surface area contributed by atoms with Crippen molar-refractivity contribution < 1.29 is 4.79 Å². The minimum atomic E-state index is 0.00843. The summed E-state index contributed by atoms with van der Waals surface area (Å²) in [7, 11) is 1.74. The van der Waals surface area contributed by atoms with Crippen LogP contribution in [0, 0.1) is 5.92 Å². The third kappa shape index (κ3) is 1.90. The smallest absolute Gasteiger partial charge is 0.272 e. The van der Waals surface area contributed by atoms with Crippen LogP contribution >= 0.6 is 27.5 Å². The van der Waals surface area contributed by atoms with E-state index in [2.05, 4.69) is 20.9 Å². The molecule has 82 valence electrons. The van der Waals surface area contributed by atoms with Crippen molar-refractivity contribution in [1.29, 1.82) is 0 Å². The van der Waals surface area contributed by atoms with Gasteiger partial charge in [-0.2, -0.15) is 0 Å². The molecule has 1 aromatic rings. The fraction of sp³-hybridized carbons (Fsp3) is 0.556. The molecule has 6 heteroatoms. The van der Waals surface area contributed by atoms with Crippen LogP contribution in [0.4, 0.5) is 0 Å². The first kappa shape index (κ1) is 11.0. The number of amides is 1. The Bertz CT molecular complexity index is 387. The van der Waals surface area contributed by atoms with Crippen LogP contribution in [-0.2, 0) is 7.05 Å². The van der Waals surface area contributed by atoms with Gasteiger partial charge in [-0.05, 0) is 11.6 Å². The molecule has 0 aromatic carbocycles. The van der Waals surface area contributed by atoms with Gasteiger partial charge in [0.05, 0.1) is 6.20 Å². The second kappa shape index (κ2) is 4.14.